The summed E-state index contributed by atoms with van der Waals surface area (Å²) in [6.07, 6.45) is 2.51. The van der Waals surface area contributed by atoms with Gasteiger partial charge in [0.2, 0.25) is 5.95 Å². The lowest BCUT2D eigenvalue weighted by Crippen LogP contribution is -2.23. The molecule has 0 saturated carbocycles. The third-order valence-electron chi connectivity index (χ3n) is 4.16. The molecule has 134 valence electrons. The van der Waals surface area contributed by atoms with E-state index in [2.05, 4.69) is 15.3 Å². The van der Waals surface area contributed by atoms with Crippen LogP contribution >= 0.6 is 11.8 Å². The fraction of sp³-hybridized carbons (Fsp3) is 0.235. The Labute approximate surface area is 154 Å². The summed E-state index contributed by atoms with van der Waals surface area (Å²) in [5.41, 5.74) is 3.07. The average molecular weight is 371 g/mol. The van der Waals surface area contributed by atoms with Crippen molar-refractivity contribution in [2.45, 2.75) is 19.2 Å². The fourth-order valence-electron chi connectivity index (χ4n) is 2.52. The molecule has 26 heavy (non-hydrogen) atoms. The molecule has 1 aliphatic rings. The summed E-state index contributed by atoms with van der Waals surface area (Å²) in [5.74, 6) is 0.337. The molecule has 9 heteroatoms. The molecule has 1 aromatic carbocycles. The molecule has 0 aliphatic carbocycles. The van der Waals surface area contributed by atoms with Crippen molar-refractivity contribution in [3.8, 4) is 0 Å². The van der Waals surface area contributed by atoms with E-state index in [4.69, 9.17) is 0 Å². The van der Waals surface area contributed by atoms with Gasteiger partial charge in [0.15, 0.2) is 6.29 Å². The molecular formula is C17H17N5O3S. The van der Waals surface area contributed by atoms with Gasteiger partial charge in [0.25, 0.3) is 5.69 Å². The third kappa shape index (κ3) is 3.38. The van der Waals surface area contributed by atoms with E-state index in [-0.39, 0.29) is 11.1 Å². The summed E-state index contributed by atoms with van der Waals surface area (Å²) < 4.78 is 0. The molecule has 0 radical (unpaired) electrons. The zero-order valence-corrected chi connectivity index (χ0v) is 15.3. The minimum Gasteiger partial charge on any atom is -0.359 e. The molecule has 3 rings (SSSR count). The number of rotatable bonds is 5. The Morgan fingerprint density at radius 3 is 2.77 bits per heavy atom. The van der Waals surface area contributed by atoms with Gasteiger partial charge in [-0.2, -0.15) is 0 Å². The number of likely N-dealkylation sites (N-methyl/N-ethyl adjacent to an activating group) is 1. The number of anilines is 2. The van der Waals surface area contributed by atoms with Crippen LogP contribution in [0.25, 0.3) is 4.91 Å². The zero-order chi connectivity index (χ0) is 18.8. The summed E-state index contributed by atoms with van der Waals surface area (Å²) >= 11 is 1.43. The molecule has 1 unspecified atom stereocenters. The van der Waals surface area contributed by atoms with Crippen LogP contribution in [0, 0.1) is 17.0 Å². The molecule has 1 N–H and O–H groups in total. The third-order valence-corrected chi connectivity index (χ3v) is 5.57. The summed E-state index contributed by atoms with van der Waals surface area (Å²) in [5, 5.41) is 13.7. The first-order valence-electron chi connectivity index (χ1n) is 7.82. The van der Waals surface area contributed by atoms with Crippen molar-refractivity contribution in [1.29, 1.82) is 0 Å². The molecule has 0 spiro atoms. The zero-order valence-electron chi connectivity index (χ0n) is 14.5. The molecule has 1 aliphatic heterocycles. The number of thioether (sulfide) groups is 1. The minimum atomic E-state index is -0.444. The fourth-order valence-corrected chi connectivity index (χ4v) is 3.69. The maximum Gasteiger partial charge on any atom is 0.271 e. The van der Waals surface area contributed by atoms with Crippen LogP contribution in [0.2, 0.25) is 0 Å². The Bertz CT molecular complexity index is 915. The van der Waals surface area contributed by atoms with Crippen LogP contribution in [0.4, 0.5) is 17.3 Å². The molecule has 0 amide bonds. The number of carbonyl (C=O) groups is 1. The van der Waals surface area contributed by atoms with Crippen LogP contribution in [0.3, 0.4) is 0 Å². The lowest BCUT2D eigenvalue weighted by Gasteiger charge is -2.16. The van der Waals surface area contributed by atoms with E-state index in [1.165, 1.54) is 23.9 Å². The first-order valence-corrected chi connectivity index (χ1v) is 8.70. The van der Waals surface area contributed by atoms with Gasteiger partial charge < -0.3 is 15.0 Å². The van der Waals surface area contributed by atoms with E-state index in [1.54, 1.807) is 18.3 Å². The van der Waals surface area contributed by atoms with Gasteiger partial charge in [-0.25, -0.2) is 9.97 Å². The van der Waals surface area contributed by atoms with Crippen molar-refractivity contribution in [2.75, 3.05) is 12.4 Å². The predicted molar refractivity (Wildman–Crippen MR) is 101 cm³/mol. The molecule has 1 aromatic heterocycles. The molecular weight excluding hydrogens is 354 g/mol. The summed E-state index contributed by atoms with van der Waals surface area (Å²) in [7, 11) is 1.86. The number of nitrogens with zero attached hydrogens (tertiary/aromatic N) is 4. The van der Waals surface area contributed by atoms with Crippen LogP contribution < -0.4 is 5.32 Å². The second-order valence-electron chi connectivity index (χ2n) is 5.82. The normalized spacial score (nSPS) is 16.7. The van der Waals surface area contributed by atoms with Crippen molar-refractivity contribution in [2.24, 2.45) is 0 Å². The molecule has 1 atom stereocenters. The Kier molecular flexibility index (Phi) is 4.90. The van der Waals surface area contributed by atoms with Crippen molar-refractivity contribution < 1.29 is 9.72 Å². The number of aldehydes is 1. The average Bonchev–Trinajstić information content (AvgIpc) is 2.92. The Morgan fingerprint density at radius 2 is 2.12 bits per heavy atom. The molecule has 0 bridgehead atoms. The van der Waals surface area contributed by atoms with E-state index in [1.807, 2.05) is 25.8 Å². The Morgan fingerprint density at radius 1 is 1.35 bits per heavy atom. The van der Waals surface area contributed by atoms with Crippen molar-refractivity contribution in [3.05, 3.63) is 57.5 Å². The number of aryl methyl sites for hydroxylation is 1. The smallest absolute Gasteiger partial charge is 0.271 e. The van der Waals surface area contributed by atoms with E-state index in [0.717, 1.165) is 22.5 Å². The van der Waals surface area contributed by atoms with E-state index >= 15 is 0 Å². The number of non-ortho nitro benzene ring substituents is 1. The SMILES string of the molecule is CC1=C(c2ccnc(Nc3cc([N+](=O)[O-])ccc3C)n2)SC(C=O)N1C. The first kappa shape index (κ1) is 17.9. The van der Waals surface area contributed by atoms with Gasteiger partial charge in [-0.05, 0) is 25.5 Å². The quantitative estimate of drug-likeness (QED) is 0.485. The maximum atomic E-state index is 11.2. The Hall–Kier alpha value is -2.94. The van der Waals surface area contributed by atoms with Crippen molar-refractivity contribution in [3.63, 3.8) is 0 Å². The standard InChI is InChI=1S/C17H17N5O3S/c1-10-4-5-12(22(24)25)8-14(10)20-17-18-7-6-13(19-17)16-11(2)21(3)15(9-23)26-16/h4-9,15H,1-3H3,(H,18,19,20). The van der Waals surface area contributed by atoms with Gasteiger partial charge in [0, 0.05) is 31.1 Å². The highest BCUT2D eigenvalue weighted by atomic mass is 32.2. The second-order valence-corrected chi connectivity index (χ2v) is 6.94. The topological polar surface area (TPSA) is 101 Å². The lowest BCUT2D eigenvalue weighted by atomic mass is 10.2. The van der Waals surface area contributed by atoms with Gasteiger partial charge >= 0.3 is 0 Å². The van der Waals surface area contributed by atoms with E-state index < -0.39 is 4.92 Å². The minimum absolute atomic E-state index is 0.00499. The lowest BCUT2D eigenvalue weighted by molar-refractivity contribution is -0.384. The van der Waals surface area contributed by atoms with Crippen LogP contribution in [0.15, 0.2) is 36.2 Å². The summed E-state index contributed by atoms with van der Waals surface area (Å²) in [6.45, 7) is 3.78. The number of nitro groups is 1. The van der Waals surface area contributed by atoms with Crippen molar-refractivity contribution >= 4 is 40.3 Å². The molecule has 8 nitrogen and oxygen atoms in total. The molecule has 0 fully saturated rings. The number of allylic oxidation sites excluding steroid dienone is 1. The monoisotopic (exact) mass is 371 g/mol. The predicted octanol–water partition coefficient (Wildman–Crippen LogP) is 3.33. The van der Waals surface area contributed by atoms with Crippen LogP contribution in [-0.4, -0.2) is 38.5 Å². The van der Waals surface area contributed by atoms with Gasteiger partial charge in [-0.1, -0.05) is 17.8 Å². The number of carbonyl (C=O) groups excluding carboxylic acids is 1. The number of nitrogens with one attached hydrogen (secondary N) is 1. The van der Waals surface area contributed by atoms with E-state index in [9.17, 15) is 14.9 Å². The molecule has 2 aromatic rings. The molecule has 2 heterocycles. The highest BCUT2D eigenvalue weighted by Crippen LogP contribution is 2.41. The van der Waals surface area contributed by atoms with Gasteiger partial charge in [0.05, 0.1) is 21.2 Å². The van der Waals surface area contributed by atoms with Gasteiger partial charge in [-0.15, -0.1) is 0 Å². The van der Waals surface area contributed by atoms with Crippen LogP contribution in [-0.2, 0) is 4.79 Å². The number of aromatic nitrogens is 2. The van der Waals surface area contributed by atoms with Crippen LogP contribution in [0.5, 0.6) is 0 Å². The number of benzene rings is 1. The Balaban J connectivity index is 1.91. The van der Waals surface area contributed by atoms with Crippen molar-refractivity contribution in [1.82, 2.24) is 14.9 Å². The number of nitro benzene ring substituents is 1. The molecule has 0 saturated heterocycles. The van der Waals surface area contributed by atoms with Crippen LogP contribution in [0.1, 0.15) is 18.2 Å². The summed E-state index contributed by atoms with van der Waals surface area (Å²) in [6, 6.07) is 6.36. The van der Waals surface area contributed by atoms with E-state index in [0.29, 0.717) is 17.3 Å². The highest BCUT2D eigenvalue weighted by molar-refractivity contribution is 8.09. The number of hydrogen-bond acceptors (Lipinski definition) is 8. The number of hydrogen-bond donors (Lipinski definition) is 1. The maximum absolute atomic E-state index is 11.2. The second kappa shape index (κ2) is 7.12. The highest BCUT2D eigenvalue weighted by Gasteiger charge is 2.28. The van der Waals surface area contributed by atoms with Gasteiger partial charge in [0.1, 0.15) is 5.37 Å². The summed E-state index contributed by atoms with van der Waals surface area (Å²) in [4.78, 5) is 33.2. The largest absolute Gasteiger partial charge is 0.359 e. The first-order chi connectivity index (χ1) is 12.4. The van der Waals surface area contributed by atoms with Gasteiger partial charge in [-0.3, -0.25) is 10.1 Å².